The first-order chi connectivity index (χ1) is 24.3. The zero-order valence-electron chi connectivity index (χ0n) is 28.0. The molecule has 3 aromatic carbocycles. The molecular formula is C36H40F6N4O5. The van der Waals surface area contributed by atoms with Crippen LogP contribution in [0.5, 0.6) is 11.5 Å². The highest BCUT2D eigenvalue weighted by atomic mass is 19.4. The number of carbonyl (C=O) groups is 2. The minimum absolute atomic E-state index is 0.00866. The van der Waals surface area contributed by atoms with Gasteiger partial charge in [-0.2, -0.15) is 26.3 Å². The van der Waals surface area contributed by atoms with Crippen LogP contribution in [0.2, 0.25) is 0 Å². The van der Waals surface area contributed by atoms with Gasteiger partial charge in [0.1, 0.15) is 18.1 Å². The molecule has 0 saturated carbocycles. The number of hydrogen-bond donors (Lipinski definition) is 1. The predicted octanol–water partition coefficient (Wildman–Crippen LogP) is 5.87. The summed E-state index contributed by atoms with van der Waals surface area (Å²) in [6, 6.07) is 14.5. The molecule has 2 aliphatic rings. The summed E-state index contributed by atoms with van der Waals surface area (Å²) >= 11 is 0. The Labute approximate surface area is 291 Å². The number of carbonyl (C=O) groups excluding carboxylic acids is 2. The van der Waals surface area contributed by atoms with Crippen molar-refractivity contribution in [3.63, 3.8) is 0 Å². The van der Waals surface area contributed by atoms with E-state index in [1.807, 2.05) is 24.3 Å². The molecule has 15 heteroatoms. The molecule has 2 atom stereocenters. The first-order valence-electron chi connectivity index (χ1n) is 16.6. The first kappa shape index (κ1) is 37.7. The van der Waals surface area contributed by atoms with Crippen LogP contribution in [0.3, 0.4) is 0 Å². The summed E-state index contributed by atoms with van der Waals surface area (Å²) < 4.78 is 99.7. The number of likely N-dealkylation sites (tertiary alicyclic amines) is 1. The van der Waals surface area contributed by atoms with E-state index in [2.05, 4.69) is 4.90 Å². The van der Waals surface area contributed by atoms with Crippen LogP contribution in [0.4, 0.5) is 32.0 Å². The maximum absolute atomic E-state index is 14.8. The maximum Gasteiger partial charge on any atom is 0.417 e. The first-order valence-corrected chi connectivity index (χ1v) is 16.6. The van der Waals surface area contributed by atoms with Crippen LogP contribution in [-0.2, 0) is 21.9 Å². The van der Waals surface area contributed by atoms with Crippen LogP contribution in [0.15, 0.2) is 72.8 Å². The average Bonchev–Trinajstić information content (AvgIpc) is 3.12. The van der Waals surface area contributed by atoms with Crippen LogP contribution in [-0.4, -0.2) is 92.8 Å². The molecular weight excluding hydrogens is 682 g/mol. The number of halogens is 6. The molecule has 0 spiro atoms. The zero-order chi connectivity index (χ0) is 36.8. The summed E-state index contributed by atoms with van der Waals surface area (Å²) in [7, 11) is 1.57. The number of nitrogens with zero attached hydrogens (tertiary/aromatic N) is 3. The average molecular weight is 723 g/mol. The normalized spacial score (nSPS) is 19.9. The van der Waals surface area contributed by atoms with Crippen LogP contribution in [0, 0.1) is 0 Å². The lowest BCUT2D eigenvalue weighted by molar-refractivity contribution is -0.159. The number of rotatable bonds is 11. The predicted molar refractivity (Wildman–Crippen MR) is 177 cm³/mol. The number of methoxy groups -OCH3 is 1. The summed E-state index contributed by atoms with van der Waals surface area (Å²) in [5.41, 5.74) is 2.30. The van der Waals surface area contributed by atoms with E-state index in [0.29, 0.717) is 32.1 Å². The molecule has 0 aromatic heterocycles. The number of ether oxygens (including phenoxy) is 3. The number of amides is 2. The molecule has 0 aliphatic carbocycles. The summed E-state index contributed by atoms with van der Waals surface area (Å²) in [4.78, 5) is 33.7. The second kappa shape index (κ2) is 15.8. The number of nitrogens with two attached hydrogens (primary N) is 1. The third kappa shape index (κ3) is 8.36. The van der Waals surface area contributed by atoms with E-state index in [-0.39, 0.29) is 51.2 Å². The molecule has 276 valence electrons. The molecule has 0 unspecified atom stereocenters. The second-order valence-electron chi connectivity index (χ2n) is 12.3. The fourth-order valence-corrected chi connectivity index (χ4v) is 6.78. The van der Waals surface area contributed by atoms with Gasteiger partial charge in [-0.3, -0.25) is 9.59 Å². The summed E-state index contributed by atoms with van der Waals surface area (Å²) in [5.74, 6) is -0.917. The molecule has 2 saturated heterocycles. The smallest absolute Gasteiger partial charge is 0.417 e. The Morgan fingerprint density at radius 1 is 0.843 bits per heavy atom. The van der Waals surface area contributed by atoms with Gasteiger partial charge in [-0.15, -0.1) is 0 Å². The van der Waals surface area contributed by atoms with E-state index >= 15 is 0 Å². The highest BCUT2D eigenvalue weighted by Gasteiger charge is 2.56. The van der Waals surface area contributed by atoms with E-state index < -0.39 is 52.5 Å². The molecule has 3 aromatic rings. The second-order valence-corrected chi connectivity index (χ2v) is 12.3. The Kier molecular flexibility index (Phi) is 11.7. The Morgan fingerprint density at radius 2 is 1.51 bits per heavy atom. The number of hydrogen-bond acceptors (Lipinski definition) is 7. The minimum Gasteiger partial charge on any atom is -0.489 e. The van der Waals surface area contributed by atoms with E-state index in [9.17, 15) is 35.9 Å². The van der Waals surface area contributed by atoms with Gasteiger partial charge in [0.2, 0.25) is 5.60 Å². The van der Waals surface area contributed by atoms with Crippen LogP contribution >= 0.6 is 0 Å². The van der Waals surface area contributed by atoms with Crippen LogP contribution in [0.1, 0.15) is 40.7 Å². The molecule has 5 rings (SSSR count). The van der Waals surface area contributed by atoms with Crippen LogP contribution in [0.25, 0.3) is 0 Å². The van der Waals surface area contributed by atoms with Crippen molar-refractivity contribution >= 4 is 17.5 Å². The maximum atomic E-state index is 14.8. The Bertz CT molecular complexity index is 1650. The molecule has 2 aliphatic heterocycles. The highest BCUT2D eigenvalue weighted by Crippen LogP contribution is 2.40. The van der Waals surface area contributed by atoms with Gasteiger partial charge in [-0.25, -0.2) is 0 Å². The fourth-order valence-electron chi connectivity index (χ4n) is 6.78. The summed E-state index contributed by atoms with van der Waals surface area (Å²) in [5, 5.41) is 0. The number of anilines is 1. The fraction of sp³-hybridized carbons (Fsp3) is 0.444. The summed E-state index contributed by atoms with van der Waals surface area (Å²) in [6.45, 7) is 1.87. The SMILES string of the molecule is COCCOc1ccccc1N1CCN(C(=O)[C@]2(Oc3ccc(C(F)(F)F)cc3)CCCN(C(=O)c3ccccc3C(F)(F)F)[C@@H]2CCN)CC1. The molecule has 2 N–H and O–H groups in total. The molecule has 2 amide bonds. The van der Waals surface area contributed by atoms with Gasteiger partial charge in [0.05, 0.1) is 35.0 Å². The topological polar surface area (TPSA) is 97.6 Å². The van der Waals surface area contributed by atoms with Gasteiger partial charge < -0.3 is 34.6 Å². The quantitative estimate of drug-likeness (QED) is 0.196. The third-order valence-electron chi connectivity index (χ3n) is 9.19. The number of alkyl halides is 6. The molecule has 0 bridgehead atoms. The minimum atomic E-state index is -4.83. The largest absolute Gasteiger partial charge is 0.489 e. The third-order valence-corrected chi connectivity index (χ3v) is 9.19. The Balaban J connectivity index is 1.49. The van der Waals surface area contributed by atoms with Gasteiger partial charge in [0, 0.05) is 46.3 Å². The number of benzene rings is 3. The van der Waals surface area contributed by atoms with Crippen molar-refractivity contribution in [1.29, 1.82) is 0 Å². The van der Waals surface area contributed by atoms with Gasteiger partial charge in [0.15, 0.2) is 0 Å². The molecule has 9 nitrogen and oxygen atoms in total. The van der Waals surface area contributed by atoms with Gasteiger partial charge in [-0.1, -0.05) is 24.3 Å². The van der Waals surface area contributed by atoms with Crippen molar-refractivity contribution in [2.24, 2.45) is 5.73 Å². The Hall–Kier alpha value is -4.50. The summed E-state index contributed by atoms with van der Waals surface area (Å²) in [6.07, 6.45) is -9.28. The molecule has 51 heavy (non-hydrogen) atoms. The van der Waals surface area contributed by atoms with Crippen molar-refractivity contribution in [2.45, 2.75) is 43.3 Å². The van der Waals surface area contributed by atoms with Crippen molar-refractivity contribution in [2.75, 3.05) is 64.5 Å². The highest BCUT2D eigenvalue weighted by molar-refractivity contribution is 5.97. The molecule has 0 radical (unpaired) electrons. The lowest BCUT2D eigenvalue weighted by Gasteiger charge is -2.51. The lowest BCUT2D eigenvalue weighted by Crippen LogP contribution is -2.69. The molecule has 2 heterocycles. The Morgan fingerprint density at radius 3 is 2.16 bits per heavy atom. The monoisotopic (exact) mass is 722 g/mol. The van der Waals surface area contributed by atoms with Crippen molar-refractivity contribution < 1.29 is 50.1 Å². The lowest BCUT2D eigenvalue weighted by atomic mass is 9.80. The van der Waals surface area contributed by atoms with E-state index in [1.54, 1.807) is 12.0 Å². The van der Waals surface area contributed by atoms with Gasteiger partial charge >= 0.3 is 12.4 Å². The zero-order valence-corrected chi connectivity index (χ0v) is 28.0. The van der Waals surface area contributed by atoms with E-state index in [0.717, 1.165) is 42.1 Å². The number of piperidine rings is 1. The number of para-hydroxylation sites is 2. The van der Waals surface area contributed by atoms with E-state index in [4.69, 9.17) is 19.9 Å². The van der Waals surface area contributed by atoms with Crippen LogP contribution < -0.4 is 20.1 Å². The van der Waals surface area contributed by atoms with Gasteiger partial charge in [0.25, 0.3) is 11.8 Å². The molecule has 2 fully saturated rings. The van der Waals surface area contributed by atoms with Crippen molar-refractivity contribution in [3.05, 3.63) is 89.5 Å². The number of piperazine rings is 1. The van der Waals surface area contributed by atoms with Crippen molar-refractivity contribution in [1.82, 2.24) is 9.80 Å². The standard InChI is InChI=1S/C36H40F6N4O5/c1-49-23-24-50-30-10-5-4-9-29(30)44-19-21-45(22-20-44)33(48)34(51-26-13-11-25(12-14-26)35(37,38)39)16-6-18-46(31(34)15-17-43)32(47)27-7-2-3-8-28(27)36(40,41)42/h2-5,7-14,31H,6,15-24,43H2,1H3/t31-,34+/m1/s1. The van der Waals surface area contributed by atoms with Gasteiger partial charge in [-0.05, 0) is 67.9 Å². The van der Waals surface area contributed by atoms with E-state index in [1.165, 1.54) is 17.0 Å². The van der Waals surface area contributed by atoms with Crippen molar-refractivity contribution in [3.8, 4) is 11.5 Å².